The summed E-state index contributed by atoms with van der Waals surface area (Å²) in [6.45, 7) is 5.70. The topological polar surface area (TPSA) is 47.1 Å². The molecule has 1 fully saturated rings. The van der Waals surface area contributed by atoms with Gasteiger partial charge in [-0.25, -0.2) is 4.68 Å². The second-order valence-corrected chi connectivity index (χ2v) is 6.79. The number of hydrogen-bond donors (Lipinski definition) is 1. The van der Waals surface area contributed by atoms with Crippen LogP contribution < -0.4 is 5.73 Å². The van der Waals surface area contributed by atoms with Crippen LogP contribution in [0.5, 0.6) is 0 Å². The van der Waals surface area contributed by atoms with Gasteiger partial charge in [-0.3, -0.25) is 4.90 Å². The van der Waals surface area contributed by atoms with Crippen molar-refractivity contribution in [2.24, 2.45) is 11.1 Å². The zero-order valence-corrected chi connectivity index (χ0v) is 13.6. The van der Waals surface area contributed by atoms with E-state index in [1.54, 1.807) is 12.1 Å². The number of likely N-dealkylation sites (tertiary alicyclic amines) is 1. The third kappa shape index (κ3) is 3.62. The molecule has 0 spiro atoms. The number of rotatable bonds is 4. The summed E-state index contributed by atoms with van der Waals surface area (Å²) in [5.41, 5.74) is 6.86. The molecule has 2 aromatic rings. The van der Waals surface area contributed by atoms with E-state index in [0.29, 0.717) is 12.2 Å². The van der Waals surface area contributed by atoms with Gasteiger partial charge in [-0.2, -0.15) is 18.3 Å². The van der Waals surface area contributed by atoms with Gasteiger partial charge in [0, 0.05) is 19.3 Å². The van der Waals surface area contributed by atoms with Gasteiger partial charge < -0.3 is 5.73 Å². The van der Waals surface area contributed by atoms with Crippen LogP contribution in [0.4, 0.5) is 13.2 Å². The standard InChI is InChI=1S/C17H21F3N4/c1-16(11-21)7-9-23(12-16)10-13-2-4-14(5-3-13)24-8-6-15(22-24)17(18,19)20/h2-6,8H,7,9-12,21H2,1H3. The van der Waals surface area contributed by atoms with E-state index in [2.05, 4.69) is 16.9 Å². The zero-order chi connectivity index (χ0) is 17.4. The Bertz CT molecular complexity index is 693. The molecule has 0 radical (unpaired) electrons. The Morgan fingerprint density at radius 1 is 1.21 bits per heavy atom. The summed E-state index contributed by atoms with van der Waals surface area (Å²) < 4.78 is 39.1. The maximum atomic E-state index is 12.6. The molecule has 3 rings (SSSR count). The lowest BCUT2D eigenvalue weighted by molar-refractivity contribution is -0.141. The molecule has 1 atom stereocenters. The molecule has 4 nitrogen and oxygen atoms in total. The number of aromatic nitrogens is 2. The lowest BCUT2D eigenvalue weighted by Crippen LogP contribution is -2.31. The smallest absolute Gasteiger partial charge is 0.330 e. The zero-order valence-electron chi connectivity index (χ0n) is 13.6. The van der Waals surface area contributed by atoms with Crippen molar-refractivity contribution in [1.29, 1.82) is 0 Å². The van der Waals surface area contributed by atoms with Gasteiger partial charge in [-0.05, 0) is 48.7 Å². The van der Waals surface area contributed by atoms with Gasteiger partial charge in [0.25, 0.3) is 0 Å². The summed E-state index contributed by atoms with van der Waals surface area (Å²) in [7, 11) is 0. The van der Waals surface area contributed by atoms with Crippen LogP contribution in [0.3, 0.4) is 0 Å². The van der Waals surface area contributed by atoms with Gasteiger partial charge >= 0.3 is 6.18 Å². The van der Waals surface area contributed by atoms with E-state index in [0.717, 1.165) is 37.7 Å². The molecule has 1 aromatic heterocycles. The van der Waals surface area contributed by atoms with Crippen molar-refractivity contribution in [2.45, 2.75) is 26.1 Å². The monoisotopic (exact) mass is 338 g/mol. The number of hydrogen-bond acceptors (Lipinski definition) is 3. The van der Waals surface area contributed by atoms with Gasteiger partial charge in [0.15, 0.2) is 5.69 Å². The fourth-order valence-electron chi connectivity index (χ4n) is 3.06. The second-order valence-electron chi connectivity index (χ2n) is 6.79. The highest BCUT2D eigenvalue weighted by Crippen LogP contribution is 2.30. The van der Waals surface area contributed by atoms with Crippen LogP contribution in [0.1, 0.15) is 24.6 Å². The summed E-state index contributed by atoms with van der Waals surface area (Å²) in [5.74, 6) is 0. The normalized spacial score (nSPS) is 22.2. The van der Waals surface area contributed by atoms with Gasteiger partial charge in [0.05, 0.1) is 5.69 Å². The average Bonchev–Trinajstić information content (AvgIpc) is 3.16. The Morgan fingerprint density at radius 3 is 2.46 bits per heavy atom. The van der Waals surface area contributed by atoms with Crippen LogP contribution in [0.15, 0.2) is 36.5 Å². The van der Waals surface area contributed by atoms with Crippen molar-refractivity contribution in [3.05, 3.63) is 47.8 Å². The molecule has 1 aliphatic rings. The molecule has 1 aliphatic heterocycles. The maximum absolute atomic E-state index is 12.6. The van der Waals surface area contributed by atoms with Gasteiger partial charge in [0.2, 0.25) is 0 Å². The summed E-state index contributed by atoms with van der Waals surface area (Å²) >= 11 is 0. The lowest BCUT2D eigenvalue weighted by atomic mass is 9.90. The molecular formula is C17H21F3N4. The highest BCUT2D eigenvalue weighted by atomic mass is 19.4. The van der Waals surface area contributed by atoms with Crippen LogP contribution in [0, 0.1) is 5.41 Å². The molecule has 1 unspecified atom stereocenters. The Labute approximate surface area is 139 Å². The highest BCUT2D eigenvalue weighted by molar-refractivity contribution is 5.34. The predicted octanol–water partition coefficient (Wildman–Crippen LogP) is 3.06. The third-order valence-electron chi connectivity index (χ3n) is 4.62. The van der Waals surface area contributed by atoms with Crippen molar-refractivity contribution >= 4 is 0 Å². The van der Waals surface area contributed by atoms with Crippen LogP contribution >= 0.6 is 0 Å². The molecular weight excluding hydrogens is 317 g/mol. The molecule has 2 N–H and O–H groups in total. The van der Waals surface area contributed by atoms with Crippen LogP contribution in [-0.2, 0) is 12.7 Å². The average molecular weight is 338 g/mol. The number of alkyl halides is 3. The van der Waals surface area contributed by atoms with Crippen molar-refractivity contribution in [3.8, 4) is 5.69 Å². The number of nitrogens with zero attached hydrogens (tertiary/aromatic N) is 3. The molecule has 0 saturated carbocycles. The van der Waals surface area contributed by atoms with E-state index >= 15 is 0 Å². The molecule has 0 bridgehead atoms. The van der Waals surface area contributed by atoms with Gasteiger partial charge in [-0.1, -0.05) is 19.1 Å². The Morgan fingerprint density at radius 2 is 1.92 bits per heavy atom. The largest absolute Gasteiger partial charge is 0.435 e. The van der Waals surface area contributed by atoms with E-state index in [1.807, 2.05) is 12.1 Å². The van der Waals surface area contributed by atoms with Gasteiger partial charge in [-0.15, -0.1) is 0 Å². The van der Waals surface area contributed by atoms with Crippen LogP contribution in [-0.4, -0.2) is 34.3 Å². The van der Waals surface area contributed by atoms with E-state index < -0.39 is 11.9 Å². The first-order valence-corrected chi connectivity index (χ1v) is 7.94. The predicted molar refractivity (Wildman–Crippen MR) is 85.6 cm³/mol. The number of halogens is 3. The molecule has 0 aliphatic carbocycles. The van der Waals surface area contributed by atoms with E-state index in [1.165, 1.54) is 10.9 Å². The summed E-state index contributed by atoms with van der Waals surface area (Å²) in [6, 6.07) is 8.43. The van der Waals surface area contributed by atoms with Crippen LogP contribution in [0.25, 0.3) is 5.69 Å². The SMILES string of the molecule is CC1(CN)CCN(Cc2ccc(-n3ccc(C(F)(F)F)n3)cc2)C1. The van der Waals surface area contributed by atoms with E-state index in [4.69, 9.17) is 5.73 Å². The minimum Gasteiger partial charge on any atom is -0.330 e. The van der Waals surface area contributed by atoms with Crippen molar-refractivity contribution < 1.29 is 13.2 Å². The van der Waals surface area contributed by atoms with E-state index in [-0.39, 0.29) is 5.41 Å². The number of nitrogens with two attached hydrogens (primary N) is 1. The fraction of sp³-hybridized carbons (Fsp3) is 0.471. The van der Waals surface area contributed by atoms with Gasteiger partial charge in [0.1, 0.15) is 0 Å². The Hall–Kier alpha value is -1.86. The second kappa shape index (κ2) is 6.22. The first-order valence-electron chi connectivity index (χ1n) is 7.94. The van der Waals surface area contributed by atoms with Crippen molar-refractivity contribution in [2.75, 3.05) is 19.6 Å². The molecule has 0 amide bonds. The van der Waals surface area contributed by atoms with Crippen molar-refractivity contribution in [1.82, 2.24) is 14.7 Å². The summed E-state index contributed by atoms with van der Waals surface area (Å²) in [5, 5.41) is 3.58. The highest BCUT2D eigenvalue weighted by Gasteiger charge is 2.34. The molecule has 2 heterocycles. The minimum absolute atomic E-state index is 0.184. The lowest BCUT2D eigenvalue weighted by Gasteiger charge is -2.22. The molecule has 24 heavy (non-hydrogen) atoms. The summed E-state index contributed by atoms with van der Waals surface area (Å²) in [6.07, 6.45) is -2.00. The molecule has 1 aromatic carbocycles. The Balaban J connectivity index is 1.67. The molecule has 1 saturated heterocycles. The quantitative estimate of drug-likeness (QED) is 0.932. The first kappa shape index (κ1) is 17.0. The molecule has 130 valence electrons. The van der Waals surface area contributed by atoms with E-state index in [9.17, 15) is 13.2 Å². The maximum Gasteiger partial charge on any atom is 0.435 e. The minimum atomic E-state index is -4.42. The summed E-state index contributed by atoms with van der Waals surface area (Å²) in [4.78, 5) is 2.36. The Kier molecular flexibility index (Phi) is 4.40. The fourth-order valence-corrected chi connectivity index (χ4v) is 3.06. The first-order chi connectivity index (χ1) is 11.3. The third-order valence-corrected chi connectivity index (χ3v) is 4.62. The number of benzene rings is 1. The van der Waals surface area contributed by atoms with Crippen LogP contribution in [0.2, 0.25) is 0 Å². The molecule has 7 heteroatoms. The van der Waals surface area contributed by atoms with Crippen molar-refractivity contribution in [3.63, 3.8) is 0 Å².